The molecular weight excluding hydrogens is 652 g/mol. The normalized spacial score (nSPS) is 50.5. The highest BCUT2D eigenvalue weighted by molar-refractivity contribution is 5.66. The van der Waals surface area contributed by atoms with Crippen molar-refractivity contribution in [1.82, 2.24) is 0 Å². The van der Waals surface area contributed by atoms with Gasteiger partial charge in [-0.1, -0.05) is 13.8 Å². The standard InChI is InChI=1S/C37H54O13/c1-17-33(50-34-31(43)29(41)26(39)16-46-34)30(42)32(44)35(47-17)49-21-11-12-36(3)20(13-21)6-7-22-24-9-8-23(19-5-10-28(40)45-15-19)37(24,4)27(14-25(22)36)48-18(2)38/h5,10,15,17,20-27,29-35,39,41-44H,6-9,11-14,16H2,1-4H3/t17-,20-,21-,22+,23+,24+,25+,26-,27-,29+,30-,31+,32-,33+,34-,35+,36-,37+/m0/s1. The minimum absolute atomic E-state index is 0.0108. The summed E-state index contributed by atoms with van der Waals surface area (Å²) in [6.07, 6.45) is -2.87. The molecule has 1 aromatic rings. The van der Waals surface area contributed by atoms with E-state index in [9.17, 15) is 35.1 Å². The molecule has 1 aromatic heterocycles. The van der Waals surface area contributed by atoms with Crippen LogP contribution < -0.4 is 5.63 Å². The van der Waals surface area contributed by atoms with Crippen molar-refractivity contribution >= 4 is 5.97 Å². The van der Waals surface area contributed by atoms with E-state index in [2.05, 4.69) is 13.8 Å². The fraction of sp³-hybridized carbons (Fsp3) is 0.838. The average molecular weight is 707 g/mol. The van der Waals surface area contributed by atoms with Gasteiger partial charge < -0.3 is 53.6 Å². The molecule has 0 spiro atoms. The van der Waals surface area contributed by atoms with Crippen LogP contribution in [0.2, 0.25) is 0 Å². The van der Waals surface area contributed by atoms with E-state index in [1.54, 1.807) is 13.2 Å². The van der Waals surface area contributed by atoms with Crippen LogP contribution in [0.1, 0.15) is 90.5 Å². The lowest BCUT2D eigenvalue weighted by Crippen LogP contribution is -2.62. The fourth-order valence-electron chi connectivity index (χ4n) is 11.3. The van der Waals surface area contributed by atoms with Crippen LogP contribution in [0.25, 0.3) is 0 Å². The molecule has 18 atom stereocenters. The number of carbonyl (C=O) groups is 1. The Morgan fingerprint density at radius 3 is 2.36 bits per heavy atom. The van der Waals surface area contributed by atoms with Crippen LogP contribution in [0.15, 0.2) is 27.6 Å². The third-order valence-electron chi connectivity index (χ3n) is 14.0. The summed E-state index contributed by atoms with van der Waals surface area (Å²) in [4.78, 5) is 24.3. The highest BCUT2D eigenvalue weighted by Gasteiger charge is 2.65. The van der Waals surface area contributed by atoms with Gasteiger partial charge >= 0.3 is 11.6 Å². The van der Waals surface area contributed by atoms with E-state index in [1.807, 2.05) is 6.07 Å². The predicted octanol–water partition coefficient (Wildman–Crippen LogP) is 1.98. The van der Waals surface area contributed by atoms with E-state index in [0.29, 0.717) is 23.7 Å². The first-order valence-electron chi connectivity index (χ1n) is 18.5. The summed E-state index contributed by atoms with van der Waals surface area (Å²) in [5.74, 6) is 1.43. The van der Waals surface area contributed by atoms with E-state index in [0.717, 1.165) is 56.9 Å². The SMILES string of the molecule is CC(=O)O[C@H]1C[C@@H]2[C@H](CC[C@H]3C[C@@H](O[C@H]4O[C@@H](C)[C@@H](O[C@@H]5OC[C@H](O)[C@@H](O)[C@H]5O)[C@@H](O)[C@@H]4O)CC[C@@]32C)[C@H]2CC[C@H](c3ccc(=O)oc3)[C@@]12C. The summed E-state index contributed by atoms with van der Waals surface area (Å²) in [6.45, 7) is 7.59. The summed E-state index contributed by atoms with van der Waals surface area (Å²) in [7, 11) is 0. The second-order valence-corrected chi connectivity index (χ2v) is 16.4. The number of fused-ring (bicyclic) bond motifs is 5. The molecule has 0 bridgehead atoms. The molecule has 0 radical (unpaired) electrons. The lowest BCUT2D eigenvalue weighted by Gasteiger charge is -2.62. The molecular formula is C37H54O13. The molecule has 2 aliphatic heterocycles. The van der Waals surface area contributed by atoms with Gasteiger partial charge in [0.05, 0.1) is 25.1 Å². The maximum Gasteiger partial charge on any atom is 0.335 e. The maximum atomic E-state index is 12.5. The zero-order chi connectivity index (χ0) is 35.7. The topological polar surface area (TPSA) is 195 Å². The molecule has 4 saturated carbocycles. The van der Waals surface area contributed by atoms with Crippen molar-refractivity contribution in [3.8, 4) is 0 Å². The van der Waals surface area contributed by atoms with Crippen molar-refractivity contribution in [3.63, 3.8) is 0 Å². The van der Waals surface area contributed by atoms with Crippen molar-refractivity contribution < 1.29 is 58.4 Å². The Hall–Kier alpha value is -1.94. The van der Waals surface area contributed by atoms with E-state index < -0.39 is 55.3 Å². The number of carbonyl (C=O) groups excluding carboxylic acids is 1. The molecule has 0 aromatic carbocycles. The van der Waals surface area contributed by atoms with E-state index >= 15 is 0 Å². The first-order chi connectivity index (χ1) is 23.7. The van der Waals surface area contributed by atoms with E-state index in [1.165, 1.54) is 13.0 Å². The molecule has 13 nitrogen and oxygen atoms in total. The Bertz CT molecular complexity index is 1420. The number of hydrogen-bond acceptors (Lipinski definition) is 13. The van der Waals surface area contributed by atoms with E-state index in [4.69, 9.17) is 28.1 Å². The second-order valence-electron chi connectivity index (χ2n) is 16.4. The molecule has 4 aliphatic carbocycles. The molecule has 6 aliphatic rings. The summed E-state index contributed by atoms with van der Waals surface area (Å²) in [6, 6.07) is 3.35. The molecule has 6 fully saturated rings. The van der Waals surface area contributed by atoms with Gasteiger partial charge in [-0.25, -0.2) is 4.79 Å². The highest BCUT2D eigenvalue weighted by atomic mass is 16.7. The minimum Gasteiger partial charge on any atom is -0.462 e. The van der Waals surface area contributed by atoms with Gasteiger partial charge in [-0.2, -0.15) is 0 Å². The number of aliphatic hydroxyl groups is 5. The van der Waals surface area contributed by atoms with Crippen molar-refractivity contribution in [1.29, 1.82) is 0 Å². The molecule has 0 unspecified atom stereocenters. The largest absolute Gasteiger partial charge is 0.462 e. The molecule has 5 N–H and O–H groups in total. The highest BCUT2D eigenvalue weighted by Crippen LogP contribution is 2.69. The van der Waals surface area contributed by atoms with Gasteiger partial charge in [0.25, 0.3) is 0 Å². The first kappa shape index (κ1) is 36.4. The number of esters is 1. The lowest BCUT2D eigenvalue weighted by molar-refractivity contribution is -0.350. The first-order valence-corrected chi connectivity index (χ1v) is 18.5. The van der Waals surface area contributed by atoms with Crippen LogP contribution in [0.3, 0.4) is 0 Å². The molecule has 2 saturated heterocycles. The van der Waals surface area contributed by atoms with Gasteiger partial charge in [-0.05, 0) is 105 Å². The molecule has 0 amide bonds. The van der Waals surface area contributed by atoms with Crippen LogP contribution in [0.5, 0.6) is 0 Å². The Balaban J connectivity index is 1.02. The zero-order valence-corrected chi connectivity index (χ0v) is 29.3. The number of ether oxygens (including phenoxy) is 5. The average Bonchev–Trinajstić information content (AvgIpc) is 3.44. The smallest absolute Gasteiger partial charge is 0.335 e. The van der Waals surface area contributed by atoms with Crippen molar-refractivity contribution in [2.45, 2.75) is 152 Å². The number of aliphatic hydroxyl groups excluding tert-OH is 5. The zero-order valence-electron chi connectivity index (χ0n) is 29.3. The Morgan fingerprint density at radius 2 is 1.64 bits per heavy atom. The van der Waals surface area contributed by atoms with Gasteiger partial charge in [0, 0.05) is 18.4 Å². The van der Waals surface area contributed by atoms with Crippen LogP contribution in [-0.2, 0) is 28.5 Å². The fourth-order valence-corrected chi connectivity index (χ4v) is 11.3. The van der Waals surface area contributed by atoms with Crippen molar-refractivity contribution in [3.05, 3.63) is 34.4 Å². The van der Waals surface area contributed by atoms with Crippen LogP contribution >= 0.6 is 0 Å². The third-order valence-corrected chi connectivity index (χ3v) is 14.0. The number of rotatable bonds is 6. The Labute approximate surface area is 292 Å². The van der Waals surface area contributed by atoms with Crippen molar-refractivity contribution in [2.75, 3.05) is 6.61 Å². The molecule has 13 heteroatoms. The minimum atomic E-state index is -1.54. The van der Waals surface area contributed by atoms with Crippen LogP contribution in [0, 0.1) is 34.5 Å². The molecule has 3 heterocycles. The quantitative estimate of drug-likeness (QED) is 0.213. The number of hydrogen-bond donors (Lipinski definition) is 5. The van der Waals surface area contributed by atoms with Crippen molar-refractivity contribution in [2.24, 2.45) is 34.5 Å². The van der Waals surface area contributed by atoms with Gasteiger partial charge in [0.15, 0.2) is 12.6 Å². The Morgan fingerprint density at radius 1 is 0.880 bits per heavy atom. The van der Waals surface area contributed by atoms with Gasteiger partial charge in [-0.3, -0.25) is 4.79 Å². The molecule has 280 valence electrons. The molecule has 50 heavy (non-hydrogen) atoms. The third kappa shape index (κ3) is 6.18. The van der Waals surface area contributed by atoms with Gasteiger partial charge in [0.2, 0.25) is 0 Å². The lowest BCUT2D eigenvalue weighted by atomic mass is 9.44. The summed E-state index contributed by atoms with van der Waals surface area (Å²) in [5, 5.41) is 52.2. The van der Waals surface area contributed by atoms with Crippen LogP contribution in [0.4, 0.5) is 0 Å². The Kier molecular flexibility index (Phi) is 10.1. The second kappa shape index (κ2) is 13.8. The summed E-state index contributed by atoms with van der Waals surface area (Å²) >= 11 is 0. The predicted molar refractivity (Wildman–Crippen MR) is 174 cm³/mol. The monoisotopic (exact) mass is 706 g/mol. The van der Waals surface area contributed by atoms with Gasteiger partial charge in [-0.15, -0.1) is 0 Å². The van der Waals surface area contributed by atoms with Gasteiger partial charge in [0.1, 0.15) is 42.7 Å². The summed E-state index contributed by atoms with van der Waals surface area (Å²) < 4.78 is 35.0. The molecule has 7 rings (SSSR count). The van der Waals surface area contributed by atoms with Crippen LogP contribution in [-0.4, -0.2) is 106 Å². The van der Waals surface area contributed by atoms with E-state index in [-0.39, 0.29) is 47.2 Å². The maximum absolute atomic E-state index is 12.5. The summed E-state index contributed by atoms with van der Waals surface area (Å²) in [5.41, 5.74) is 0.358.